The van der Waals surface area contributed by atoms with Gasteiger partial charge in [-0.3, -0.25) is 4.79 Å². The number of furan rings is 1. The molecule has 1 fully saturated rings. The molecule has 0 aromatic carbocycles. The van der Waals surface area contributed by atoms with Crippen molar-refractivity contribution < 1.29 is 9.21 Å². The Hall–Kier alpha value is -2.37. The molecular weight excluding hydrogens is 268 g/mol. The lowest BCUT2D eigenvalue weighted by molar-refractivity contribution is 0.0745. The zero-order valence-corrected chi connectivity index (χ0v) is 12.2. The number of hydrogen-bond acceptors (Lipinski definition) is 5. The van der Waals surface area contributed by atoms with E-state index >= 15 is 0 Å². The first-order chi connectivity index (χ1) is 10.1. The standard InChI is InChI=1S/C15H18N4O2/c1-11-9-14(17-12(2)16-11)18-4-6-19(7-5-18)15(20)13-3-8-21-10-13/h3,8-10H,4-7H2,1-2H3. The molecule has 2 aromatic heterocycles. The molecule has 0 unspecified atom stereocenters. The van der Waals surface area contributed by atoms with Gasteiger partial charge in [-0.1, -0.05) is 0 Å². The lowest BCUT2D eigenvalue weighted by Crippen LogP contribution is -2.49. The molecule has 0 spiro atoms. The maximum atomic E-state index is 12.2. The van der Waals surface area contributed by atoms with Crippen LogP contribution in [0.1, 0.15) is 21.9 Å². The number of rotatable bonds is 2. The van der Waals surface area contributed by atoms with Crippen LogP contribution in [-0.4, -0.2) is 47.0 Å². The zero-order chi connectivity index (χ0) is 14.8. The minimum absolute atomic E-state index is 0.0263. The molecule has 0 bridgehead atoms. The van der Waals surface area contributed by atoms with Crippen LogP contribution in [0, 0.1) is 13.8 Å². The van der Waals surface area contributed by atoms with Crippen molar-refractivity contribution in [2.24, 2.45) is 0 Å². The number of aromatic nitrogens is 2. The minimum Gasteiger partial charge on any atom is -0.472 e. The summed E-state index contributed by atoms with van der Waals surface area (Å²) >= 11 is 0. The van der Waals surface area contributed by atoms with Gasteiger partial charge in [0.2, 0.25) is 0 Å². The lowest BCUT2D eigenvalue weighted by atomic mass is 10.2. The van der Waals surface area contributed by atoms with Crippen LogP contribution in [0.3, 0.4) is 0 Å². The number of amides is 1. The summed E-state index contributed by atoms with van der Waals surface area (Å²) in [6.07, 6.45) is 3.02. The Morgan fingerprint density at radius 3 is 2.57 bits per heavy atom. The molecule has 6 nitrogen and oxygen atoms in total. The molecule has 0 atom stereocenters. The van der Waals surface area contributed by atoms with Crippen molar-refractivity contribution in [1.82, 2.24) is 14.9 Å². The predicted molar refractivity (Wildman–Crippen MR) is 78.3 cm³/mol. The number of nitrogens with zero attached hydrogens (tertiary/aromatic N) is 4. The third-order valence-electron chi connectivity index (χ3n) is 3.61. The fraction of sp³-hybridized carbons (Fsp3) is 0.400. The van der Waals surface area contributed by atoms with E-state index in [2.05, 4.69) is 14.9 Å². The summed E-state index contributed by atoms with van der Waals surface area (Å²) in [7, 11) is 0. The molecule has 0 N–H and O–H groups in total. The Bertz CT molecular complexity index is 611. The molecule has 3 heterocycles. The van der Waals surface area contributed by atoms with Gasteiger partial charge < -0.3 is 14.2 Å². The first-order valence-corrected chi connectivity index (χ1v) is 7.02. The van der Waals surface area contributed by atoms with E-state index in [-0.39, 0.29) is 5.91 Å². The van der Waals surface area contributed by atoms with Gasteiger partial charge in [0.15, 0.2) is 0 Å². The highest BCUT2D eigenvalue weighted by molar-refractivity contribution is 5.94. The van der Waals surface area contributed by atoms with Crippen molar-refractivity contribution in [3.8, 4) is 0 Å². The molecule has 0 aliphatic carbocycles. The van der Waals surface area contributed by atoms with Crippen LogP contribution < -0.4 is 4.90 Å². The van der Waals surface area contributed by atoms with Crippen molar-refractivity contribution in [2.45, 2.75) is 13.8 Å². The molecule has 6 heteroatoms. The Balaban J connectivity index is 1.66. The maximum absolute atomic E-state index is 12.2. The Morgan fingerprint density at radius 1 is 1.19 bits per heavy atom. The van der Waals surface area contributed by atoms with Crippen LogP contribution in [0.2, 0.25) is 0 Å². The number of anilines is 1. The van der Waals surface area contributed by atoms with Crippen molar-refractivity contribution in [3.05, 3.63) is 41.7 Å². The summed E-state index contributed by atoms with van der Waals surface area (Å²) in [5.41, 5.74) is 1.58. The van der Waals surface area contributed by atoms with E-state index < -0.39 is 0 Å². The van der Waals surface area contributed by atoms with Crippen LogP contribution >= 0.6 is 0 Å². The zero-order valence-electron chi connectivity index (χ0n) is 12.2. The second-order valence-corrected chi connectivity index (χ2v) is 5.21. The molecule has 110 valence electrons. The second-order valence-electron chi connectivity index (χ2n) is 5.21. The topological polar surface area (TPSA) is 62.5 Å². The lowest BCUT2D eigenvalue weighted by Gasteiger charge is -2.35. The summed E-state index contributed by atoms with van der Waals surface area (Å²) < 4.78 is 4.97. The first kappa shape index (κ1) is 13.6. The highest BCUT2D eigenvalue weighted by Gasteiger charge is 2.23. The molecule has 1 amide bonds. The van der Waals surface area contributed by atoms with Crippen LogP contribution in [0.25, 0.3) is 0 Å². The predicted octanol–water partition coefficient (Wildman–Crippen LogP) is 1.65. The van der Waals surface area contributed by atoms with Crippen molar-refractivity contribution in [1.29, 1.82) is 0 Å². The number of aryl methyl sites for hydroxylation is 2. The van der Waals surface area contributed by atoms with Crippen LogP contribution in [0.15, 0.2) is 29.1 Å². The van der Waals surface area contributed by atoms with Gasteiger partial charge in [-0.05, 0) is 19.9 Å². The monoisotopic (exact) mass is 286 g/mol. The average molecular weight is 286 g/mol. The quantitative estimate of drug-likeness (QED) is 0.840. The summed E-state index contributed by atoms with van der Waals surface area (Å²) in [6.45, 7) is 6.79. The largest absolute Gasteiger partial charge is 0.472 e. The third kappa shape index (κ3) is 2.89. The van der Waals surface area contributed by atoms with Gasteiger partial charge in [-0.25, -0.2) is 9.97 Å². The Morgan fingerprint density at radius 2 is 1.95 bits per heavy atom. The van der Waals surface area contributed by atoms with Gasteiger partial charge in [-0.15, -0.1) is 0 Å². The molecule has 3 rings (SSSR count). The SMILES string of the molecule is Cc1cc(N2CCN(C(=O)c3ccoc3)CC2)nc(C)n1. The van der Waals surface area contributed by atoms with Crippen molar-refractivity contribution in [2.75, 3.05) is 31.1 Å². The number of piperazine rings is 1. The number of carbonyl (C=O) groups is 1. The molecule has 21 heavy (non-hydrogen) atoms. The van der Waals surface area contributed by atoms with Gasteiger partial charge >= 0.3 is 0 Å². The van der Waals surface area contributed by atoms with E-state index in [1.165, 1.54) is 12.5 Å². The smallest absolute Gasteiger partial charge is 0.257 e. The fourth-order valence-electron chi connectivity index (χ4n) is 2.57. The van der Waals surface area contributed by atoms with Crippen LogP contribution in [-0.2, 0) is 0 Å². The van der Waals surface area contributed by atoms with Gasteiger partial charge in [0, 0.05) is 37.9 Å². The van der Waals surface area contributed by atoms with E-state index in [1.54, 1.807) is 6.07 Å². The van der Waals surface area contributed by atoms with E-state index in [9.17, 15) is 4.79 Å². The second kappa shape index (κ2) is 5.55. The molecular formula is C15H18N4O2. The Kier molecular flexibility index (Phi) is 3.60. The van der Waals surface area contributed by atoms with Crippen LogP contribution in [0.4, 0.5) is 5.82 Å². The van der Waals surface area contributed by atoms with Gasteiger partial charge in [0.1, 0.15) is 17.9 Å². The molecule has 1 aliphatic rings. The molecule has 0 radical (unpaired) electrons. The third-order valence-corrected chi connectivity index (χ3v) is 3.61. The van der Waals surface area contributed by atoms with Gasteiger partial charge in [0.25, 0.3) is 5.91 Å². The first-order valence-electron chi connectivity index (χ1n) is 7.02. The van der Waals surface area contributed by atoms with Crippen molar-refractivity contribution >= 4 is 11.7 Å². The molecule has 1 saturated heterocycles. The van der Waals surface area contributed by atoms with E-state index in [1.807, 2.05) is 24.8 Å². The normalized spacial score (nSPS) is 15.3. The molecule has 0 saturated carbocycles. The van der Waals surface area contributed by atoms with Crippen molar-refractivity contribution in [3.63, 3.8) is 0 Å². The molecule has 1 aliphatic heterocycles. The van der Waals surface area contributed by atoms with Gasteiger partial charge in [-0.2, -0.15) is 0 Å². The minimum atomic E-state index is 0.0263. The summed E-state index contributed by atoms with van der Waals surface area (Å²) in [6, 6.07) is 3.69. The summed E-state index contributed by atoms with van der Waals surface area (Å²) in [5, 5.41) is 0. The van der Waals surface area contributed by atoms with Gasteiger partial charge in [0.05, 0.1) is 11.8 Å². The highest BCUT2D eigenvalue weighted by atomic mass is 16.3. The number of hydrogen-bond donors (Lipinski definition) is 0. The van der Waals surface area contributed by atoms with Crippen LogP contribution in [0.5, 0.6) is 0 Å². The highest BCUT2D eigenvalue weighted by Crippen LogP contribution is 2.16. The van der Waals surface area contributed by atoms with E-state index in [0.29, 0.717) is 18.7 Å². The number of carbonyl (C=O) groups excluding carboxylic acids is 1. The summed E-state index contributed by atoms with van der Waals surface area (Å²) in [4.78, 5) is 25.0. The average Bonchev–Trinajstić information content (AvgIpc) is 3.00. The molecule has 2 aromatic rings. The maximum Gasteiger partial charge on any atom is 0.257 e. The summed E-state index contributed by atoms with van der Waals surface area (Å²) in [5.74, 6) is 1.75. The van der Waals surface area contributed by atoms with E-state index in [4.69, 9.17) is 4.42 Å². The van der Waals surface area contributed by atoms with E-state index in [0.717, 1.165) is 30.4 Å². The Labute approximate surface area is 123 Å². The fourth-order valence-corrected chi connectivity index (χ4v) is 2.57.